The standard InChI is InChI=1S/C19H27NS/c1-3-14-9-5-7-11-16(14)19(20-4-2)18-13-15-10-6-8-12-17(15)21-18/h6,8,10,12-14,16,19-20H,3-5,7,9,11H2,1-2H3. The zero-order chi connectivity index (χ0) is 14.7. The second-order valence-electron chi connectivity index (χ2n) is 6.34. The highest BCUT2D eigenvalue weighted by Gasteiger charge is 2.32. The quantitative estimate of drug-likeness (QED) is 0.739. The lowest BCUT2D eigenvalue weighted by molar-refractivity contribution is 0.178. The van der Waals surface area contributed by atoms with Gasteiger partial charge in [0.15, 0.2) is 0 Å². The minimum absolute atomic E-state index is 0.553. The van der Waals surface area contributed by atoms with Crippen LogP contribution in [0.4, 0.5) is 0 Å². The van der Waals surface area contributed by atoms with Gasteiger partial charge in [-0.15, -0.1) is 11.3 Å². The second-order valence-corrected chi connectivity index (χ2v) is 7.45. The molecule has 1 heterocycles. The average Bonchev–Trinajstić information content (AvgIpc) is 2.96. The molecule has 3 rings (SSSR count). The first-order chi connectivity index (χ1) is 10.3. The molecule has 1 aromatic carbocycles. The molecule has 0 spiro atoms. The molecule has 1 saturated carbocycles. The van der Waals surface area contributed by atoms with E-state index in [2.05, 4.69) is 49.5 Å². The summed E-state index contributed by atoms with van der Waals surface area (Å²) in [6.07, 6.45) is 6.99. The van der Waals surface area contributed by atoms with Crippen molar-refractivity contribution in [2.75, 3.05) is 6.54 Å². The first kappa shape index (κ1) is 15.1. The maximum Gasteiger partial charge on any atom is 0.0446 e. The van der Waals surface area contributed by atoms with Crippen molar-refractivity contribution < 1.29 is 0 Å². The predicted molar refractivity (Wildman–Crippen MR) is 94.0 cm³/mol. The largest absolute Gasteiger partial charge is 0.309 e. The summed E-state index contributed by atoms with van der Waals surface area (Å²) in [7, 11) is 0. The minimum Gasteiger partial charge on any atom is -0.309 e. The van der Waals surface area contributed by atoms with Crippen molar-refractivity contribution in [1.29, 1.82) is 0 Å². The van der Waals surface area contributed by atoms with Gasteiger partial charge in [0.2, 0.25) is 0 Å². The Morgan fingerprint density at radius 2 is 2.00 bits per heavy atom. The Morgan fingerprint density at radius 1 is 1.19 bits per heavy atom. The van der Waals surface area contributed by atoms with Crippen LogP contribution in [0.3, 0.4) is 0 Å². The van der Waals surface area contributed by atoms with E-state index in [1.165, 1.54) is 42.2 Å². The van der Waals surface area contributed by atoms with Gasteiger partial charge in [-0.3, -0.25) is 0 Å². The molecule has 114 valence electrons. The van der Waals surface area contributed by atoms with Gasteiger partial charge in [-0.2, -0.15) is 0 Å². The number of fused-ring (bicyclic) bond motifs is 1. The molecule has 2 heteroatoms. The Hall–Kier alpha value is -0.860. The highest BCUT2D eigenvalue weighted by Crippen LogP contribution is 2.43. The van der Waals surface area contributed by atoms with E-state index in [4.69, 9.17) is 0 Å². The van der Waals surface area contributed by atoms with Crippen molar-refractivity contribution in [2.24, 2.45) is 11.8 Å². The van der Waals surface area contributed by atoms with Crippen molar-refractivity contribution in [1.82, 2.24) is 5.32 Å². The lowest BCUT2D eigenvalue weighted by Crippen LogP contribution is -2.33. The van der Waals surface area contributed by atoms with E-state index in [9.17, 15) is 0 Å². The van der Waals surface area contributed by atoms with Gasteiger partial charge in [-0.05, 0) is 42.3 Å². The zero-order valence-corrected chi connectivity index (χ0v) is 14.1. The molecule has 1 fully saturated rings. The summed E-state index contributed by atoms with van der Waals surface area (Å²) in [4.78, 5) is 1.54. The third kappa shape index (κ3) is 3.17. The summed E-state index contributed by atoms with van der Waals surface area (Å²) in [6, 6.07) is 11.8. The van der Waals surface area contributed by atoms with E-state index in [1.54, 1.807) is 4.88 Å². The summed E-state index contributed by atoms with van der Waals surface area (Å²) in [5, 5.41) is 5.21. The van der Waals surface area contributed by atoms with Crippen LogP contribution in [-0.2, 0) is 0 Å². The Bertz CT molecular complexity index is 541. The lowest BCUT2D eigenvalue weighted by atomic mass is 9.73. The van der Waals surface area contributed by atoms with Crippen LogP contribution in [0.25, 0.3) is 10.1 Å². The van der Waals surface area contributed by atoms with Gasteiger partial charge in [0.05, 0.1) is 0 Å². The van der Waals surface area contributed by atoms with Crippen molar-refractivity contribution >= 4 is 21.4 Å². The van der Waals surface area contributed by atoms with E-state index in [0.717, 1.165) is 18.4 Å². The number of thiophene rings is 1. The molecule has 1 aliphatic rings. The lowest BCUT2D eigenvalue weighted by Gasteiger charge is -2.37. The van der Waals surface area contributed by atoms with Crippen LogP contribution < -0.4 is 5.32 Å². The maximum absolute atomic E-state index is 3.80. The summed E-state index contributed by atoms with van der Waals surface area (Å²) >= 11 is 1.99. The summed E-state index contributed by atoms with van der Waals surface area (Å²) in [6.45, 7) is 5.67. The molecular weight excluding hydrogens is 274 g/mol. The Labute approximate surface area is 132 Å². The first-order valence-electron chi connectivity index (χ1n) is 8.55. The van der Waals surface area contributed by atoms with Gasteiger partial charge in [-0.1, -0.05) is 57.7 Å². The molecule has 0 saturated heterocycles. The first-order valence-corrected chi connectivity index (χ1v) is 9.37. The van der Waals surface area contributed by atoms with Gasteiger partial charge in [0, 0.05) is 15.6 Å². The maximum atomic E-state index is 3.80. The number of benzene rings is 1. The normalized spacial score (nSPS) is 24.3. The van der Waals surface area contributed by atoms with Crippen molar-refractivity contribution in [3.05, 3.63) is 35.2 Å². The van der Waals surface area contributed by atoms with Gasteiger partial charge in [0.1, 0.15) is 0 Å². The van der Waals surface area contributed by atoms with E-state index >= 15 is 0 Å². The minimum atomic E-state index is 0.553. The molecule has 1 aromatic heterocycles. The molecule has 0 radical (unpaired) electrons. The smallest absolute Gasteiger partial charge is 0.0446 e. The third-order valence-electron chi connectivity index (χ3n) is 5.10. The number of hydrogen-bond acceptors (Lipinski definition) is 2. The average molecular weight is 301 g/mol. The van der Waals surface area contributed by atoms with Crippen LogP contribution in [0.2, 0.25) is 0 Å². The van der Waals surface area contributed by atoms with E-state index in [-0.39, 0.29) is 0 Å². The van der Waals surface area contributed by atoms with E-state index < -0.39 is 0 Å². The topological polar surface area (TPSA) is 12.0 Å². The zero-order valence-electron chi connectivity index (χ0n) is 13.3. The predicted octanol–water partition coefficient (Wildman–Crippen LogP) is 5.77. The molecule has 0 bridgehead atoms. The molecule has 0 amide bonds. The van der Waals surface area contributed by atoms with Gasteiger partial charge < -0.3 is 5.32 Å². The van der Waals surface area contributed by atoms with Gasteiger partial charge >= 0.3 is 0 Å². The molecule has 1 aliphatic carbocycles. The fourth-order valence-corrected chi connectivity index (χ4v) is 5.24. The fraction of sp³-hybridized carbons (Fsp3) is 0.579. The van der Waals surface area contributed by atoms with Crippen LogP contribution >= 0.6 is 11.3 Å². The van der Waals surface area contributed by atoms with Crippen molar-refractivity contribution in [2.45, 2.75) is 52.0 Å². The molecular formula is C19H27NS. The highest BCUT2D eigenvalue weighted by molar-refractivity contribution is 7.19. The molecule has 1 nitrogen and oxygen atoms in total. The van der Waals surface area contributed by atoms with Crippen LogP contribution in [0, 0.1) is 11.8 Å². The van der Waals surface area contributed by atoms with Crippen LogP contribution in [-0.4, -0.2) is 6.54 Å². The monoisotopic (exact) mass is 301 g/mol. The van der Waals surface area contributed by atoms with Crippen molar-refractivity contribution in [3.8, 4) is 0 Å². The fourth-order valence-electron chi connectivity index (χ4n) is 4.02. The molecule has 3 atom stereocenters. The van der Waals surface area contributed by atoms with Crippen molar-refractivity contribution in [3.63, 3.8) is 0 Å². The summed E-state index contributed by atoms with van der Waals surface area (Å²) in [5.41, 5.74) is 0. The number of rotatable bonds is 5. The van der Waals surface area contributed by atoms with E-state index in [0.29, 0.717) is 6.04 Å². The van der Waals surface area contributed by atoms with Gasteiger partial charge in [0.25, 0.3) is 0 Å². The number of nitrogens with one attached hydrogen (secondary N) is 1. The van der Waals surface area contributed by atoms with Crippen LogP contribution in [0.1, 0.15) is 56.9 Å². The molecule has 1 N–H and O–H groups in total. The van der Waals surface area contributed by atoms with E-state index in [1.807, 2.05) is 11.3 Å². The summed E-state index contributed by atoms with van der Waals surface area (Å²) in [5.74, 6) is 1.71. The third-order valence-corrected chi connectivity index (χ3v) is 6.29. The Morgan fingerprint density at radius 3 is 2.76 bits per heavy atom. The molecule has 21 heavy (non-hydrogen) atoms. The van der Waals surface area contributed by atoms with Crippen LogP contribution in [0.15, 0.2) is 30.3 Å². The highest BCUT2D eigenvalue weighted by atomic mass is 32.1. The van der Waals surface area contributed by atoms with Crippen LogP contribution in [0.5, 0.6) is 0 Å². The molecule has 3 unspecified atom stereocenters. The Kier molecular flexibility index (Phi) is 4.97. The molecule has 0 aliphatic heterocycles. The SMILES string of the molecule is CCNC(c1cc2ccccc2s1)C1CCCCC1CC. The second kappa shape index (κ2) is 6.93. The molecule has 2 aromatic rings. The summed E-state index contributed by atoms with van der Waals surface area (Å²) < 4.78 is 1.43. The number of hydrogen-bond donors (Lipinski definition) is 1. The Balaban J connectivity index is 1.92. The van der Waals surface area contributed by atoms with Gasteiger partial charge in [-0.25, -0.2) is 0 Å².